The predicted molar refractivity (Wildman–Crippen MR) is 149 cm³/mol. The second-order valence-electron chi connectivity index (χ2n) is 9.19. The zero-order valence-corrected chi connectivity index (χ0v) is 22.7. The Labute approximate surface area is 225 Å². The summed E-state index contributed by atoms with van der Waals surface area (Å²) in [5.41, 5.74) is 3.04. The normalized spacial score (nSPS) is 11.4. The molecule has 0 heterocycles. The standard InChI is InChI=1S/C31H38N2O5/c1-5-6-16-32-31(35)29(17-24-10-8-7-9-11-24)33(21-25-14-12-23(2)13-15-25)30(34)22-38-28-19-26(36-3)18-27(20-28)37-4/h7-15,18-20,29H,5-6,16-17,21-22H2,1-4H3,(H,32,35)/t29-/m1/s1. The first-order chi connectivity index (χ1) is 18.4. The Morgan fingerprint density at radius 3 is 2.11 bits per heavy atom. The van der Waals surface area contributed by atoms with E-state index in [1.807, 2.05) is 61.5 Å². The number of benzene rings is 3. The molecule has 0 aromatic heterocycles. The van der Waals surface area contributed by atoms with Crippen LogP contribution >= 0.6 is 0 Å². The SMILES string of the molecule is CCCCNC(=O)[C@@H](Cc1ccccc1)N(Cc1ccc(C)cc1)C(=O)COc1cc(OC)cc(OC)c1. The third-order valence-electron chi connectivity index (χ3n) is 6.26. The third kappa shape index (κ3) is 8.54. The topological polar surface area (TPSA) is 77.1 Å². The zero-order chi connectivity index (χ0) is 27.3. The van der Waals surface area contributed by atoms with Crippen LogP contribution in [0.15, 0.2) is 72.8 Å². The predicted octanol–water partition coefficient (Wildman–Crippen LogP) is 4.95. The maximum Gasteiger partial charge on any atom is 0.261 e. The fraction of sp³-hybridized carbons (Fsp3) is 0.355. The first kappa shape index (κ1) is 28.6. The van der Waals surface area contributed by atoms with Gasteiger partial charge in [0.25, 0.3) is 5.91 Å². The first-order valence-corrected chi connectivity index (χ1v) is 13.0. The largest absolute Gasteiger partial charge is 0.496 e. The number of ether oxygens (including phenoxy) is 3. The quantitative estimate of drug-likeness (QED) is 0.306. The van der Waals surface area contributed by atoms with Gasteiger partial charge in [0, 0.05) is 37.7 Å². The van der Waals surface area contributed by atoms with Crippen molar-refractivity contribution in [3.05, 3.63) is 89.5 Å². The maximum absolute atomic E-state index is 13.7. The van der Waals surface area contributed by atoms with E-state index in [0.717, 1.165) is 29.5 Å². The van der Waals surface area contributed by atoms with Crippen LogP contribution in [0.25, 0.3) is 0 Å². The lowest BCUT2D eigenvalue weighted by atomic mass is 10.0. The number of hydrogen-bond donors (Lipinski definition) is 1. The highest BCUT2D eigenvalue weighted by atomic mass is 16.5. The summed E-state index contributed by atoms with van der Waals surface area (Å²) in [6.45, 7) is 4.69. The van der Waals surface area contributed by atoms with Gasteiger partial charge in [0.15, 0.2) is 6.61 Å². The summed E-state index contributed by atoms with van der Waals surface area (Å²) in [5.74, 6) is 1.09. The van der Waals surface area contributed by atoms with Gasteiger partial charge in [0.2, 0.25) is 5.91 Å². The summed E-state index contributed by atoms with van der Waals surface area (Å²) in [6.07, 6.45) is 2.23. The molecule has 1 N–H and O–H groups in total. The molecule has 3 rings (SSSR count). The molecule has 0 radical (unpaired) electrons. The number of nitrogens with zero attached hydrogens (tertiary/aromatic N) is 1. The second-order valence-corrected chi connectivity index (χ2v) is 9.19. The highest BCUT2D eigenvalue weighted by molar-refractivity contribution is 5.88. The van der Waals surface area contributed by atoms with Crippen molar-refractivity contribution in [3.63, 3.8) is 0 Å². The molecule has 0 bridgehead atoms. The van der Waals surface area contributed by atoms with E-state index in [1.165, 1.54) is 0 Å². The summed E-state index contributed by atoms with van der Waals surface area (Å²) < 4.78 is 16.5. The van der Waals surface area contributed by atoms with Crippen LogP contribution in [-0.2, 0) is 22.6 Å². The van der Waals surface area contributed by atoms with E-state index in [-0.39, 0.29) is 25.0 Å². The van der Waals surface area contributed by atoms with E-state index in [4.69, 9.17) is 14.2 Å². The zero-order valence-electron chi connectivity index (χ0n) is 22.7. The van der Waals surface area contributed by atoms with E-state index >= 15 is 0 Å². The van der Waals surface area contributed by atoms with Gasteiger partial charge < -0.3 is 24.4 Å². The molecule has 0 aliphatic rings. The van der Waals surface area contributed by atoms with Gasteiger partial charge in [0.1, 0.15) is 23.3 Å². The van der Waals surface area contributed by atoms with Gasteiger partial charge in [0.05, 0.1) is 14.2 Å². The molecule has 3 aromatic rings. The van der Waals surface area contributed by atoms with Crippen molar-refractivity contribution in [1.29, 1.82) is 0 Å². The molecule has 0 fully saturated rings. The van der Waals surface area contributed by atoms with Gasteiger partial charge in [-0.2, -0.15) is 0 Å². The minimum atomic E-state index is -0.702. The van der Waals surface area contributed by atoms with E-state index in [2.05, 4.69) is 12.2 Å². The van der Waals surface area contributed by atoms with Gasteiger partial charge in [-0.05, 0) is 24.5 Å². The molecule has 0 saturated heterocycles. The number of amides is 2. The van der Waals surface area contributed by atoms with Crippen molar-refractivity contribution in [2.24, 2.45) is 0 Å². The maximum atomic E-state index is 13.7. The second kappa shape index (κ2) is 14.7. The molecular formula is C31H38N2O5. The minimum Gasteiger partial charge on any atom is -0.496 e. The Bertz CT molecular complexity index is 1140. The molecular weight excluding hydrogens is 480 g/mol. The van der Waals surface area contributed by atoms with Gasteiger partial charge in [-0.1, -0.05) is 73.5 Å². The lowest BCUT2D eigenvalue weighted by Gasteiger charge is -2.31. The molecule has 1 atom stereocenters. The Hall–Kier alpha value is -4.00. The van der Waals surface area contributed by atoms with Crippen molar-refractivity contribution in [3.8, 4) is 17.2 Å². The van der Waals surface area contributed by atoms with Crippen LogP contribution in [0.1, 0.15) is 36.5 Å². The molecule has 202 valence electrons. The third-order valence-corrected chi connectivity index (χ3v) is 6.26. The number of carbonyl (C=O) groups is 2. The van der Waals surface area contributed by atoms with Gasteiger partial charge in [-0.3, -0.25) is 9.59 Å². The molecule has 7 heteroatoms. The summed E-state index contributed by atoms with van der Waals surface area (Å²) in [6, 6.07) is 22.1. The number of nitrogens with one attached hydrogen (secondary N) is 1. The average Bonchev–Trinajstić information content (AvgIpc) is 2.95. The molecule has 0 saturated carbocycles. The van der Waals surface area contributed by atoms with Gasteiger partial charge in [-0.15, -0.1) is 0 Å². The summed E-state index contributed by atoms with van der Waals surface area (Å²) >= 11 is 0. The van der Waals surface area contributed by atoms with Crippen LogP contribution in [0.4, 0.5) is 0 Å². The van der Waals surface area contributed by atoms with Gasteiger partial charge >= 0.3 is 0 Å². The van der Waals surface area contributed by atoms with E-state index < -0.39 is 6.04 Å². The van der Waals surface area contributed by atoms with E-state index in [9.17, 15) is 9.59 Å². The van der Waals surface area contributed by atoms with Crippen LogP contribution in [0, 0.1) is 6.92 Å². The molecule has 7 nitrogen and oxygen atoms in total. The molecule has 3 aromatic carbocycles. The average molecular weight is 519 g/mol. The highest BCUT2D eigenvalue weighted by Crippen LogP contribution is 2.27. The summed E-state index contributed by atoms with van der Waals surface area (Å²) in [5, 5.41) is 3.03. The molecule has 0 spiro atoms. The number of carbonyl (C=O) groups excluding carboxylic acids is 2. The van der Waals surface area contributed by atoms with Crippen LogP contribution in [0.3, 0.4) is 0 Å². The van der Waals surface area contributed by atoms with Crippen LogP contribution in [-0.4, -0.2) is 50.1 Å². The number of rotatable bonds is 14. The van der Waals surface area contributed by atoms with Crippen molar-refractivity contribution in [1.82, 2.24) is 10.2 Å². The summed E-state index contributed by atoms with van der Waals surface area (Å²) in [4.78, 5) is 28.8. The molecule has 0 aliphatic heterocycles. The lowest BCUT2D eigenvalue weighted by molar-refractivity contribution is -0.142. The monoisotopic (exact) mass is 518 g/mol. The highest BCUT2D eigenvalue weighted by Gasteiger charge is 2.30. The Morgan fingerprint density at radius 2 is 1.50 bits per heavy atom. The molecule has 0 unspecified atom stereocenters. The number of hydrogen-bond acceptors (Lipinski definition) is 5. The van der Waals surface area contributed by atoms with Crippen molar-refractivity contribution < 1.29 is 23.8 Å². The lowest BCUT2D eigenvalue weighted by Crippen LogP contribution is -2.51. The van der Waals surface area contributed by atoms with Crippen molar-refractivity contribution >= 4 is 11.8 Å². The van der Waals surface area contributed by atoms with Crippen molar-refractivity contribution in [2.45, 2.75) is 45.7 Å². The van der Waals surface area contributed by atoms with Crippen molar-refractivity contribution in [2.75, 3.05) is 27.4 Å². The van der Waals surface area contributed by atoms with Gasteiger partial charge in [-0.25, -0.2) is 0 Å². The fourth-order valence-electron chi connectivity index (χ4n) is 4.04. The first-order valence-electron chi connectivity index (χ1n) is 13.0. The van der Waals surface area contributed by atoms with Crippen LogP contribution in [0.5, 0.6) is 17.2 Å². The fourth-order valence-corrected chi connectivity index (χ4v) is 4.04. The van der Waals surface area contributed by atoms with Crippen LogP contribution in [0.2, 0.25) is 0 Å². The van der Waals surface area contributed by atoms with E-state index in [1.54, 1.807) is 37.3 Å². The smallest absolute Gasteiger partial charge is 0.261 e. The van der Waals surface area contributed by atoms with E-state index in [0.29, 0.717) is 30.2 Å². The molecule has 2 amide bonds. The number of unbranched alkanes of at least 4 members (excludes halogenated alkanes) is 1. The Morgan fingerprint density at radius 1 is 0.868 bits per heavy atom. The Balaban J connectivity index is 1.89. The Kier molecular flexibility index (Phi) is 11.0. The number of methoxy groups -OCH3 is 2. The molecule has 38 heavy (non-hydrogen) atoms. The summed E-state index contributed by atoms with van der Waals surface area (Å²) in [7, 11) is 3.11. The number of aryl methyl sites for hydroxylation is 1. The van der Waals surface area contributed by atoms with Crippen LogP contribution < -0.4 is 19.5 Å². The minimum absolute atomic E-state index is 0.175. The molecule has 0 aliphatic carbocycles.